The van der Waals surface area contributed by atoms with E-state index in [0.717, 1.165) is 35.9 Å². The Labute approximate surface area is 162 Å². The second kappa shape index (κ2) is 11.8. The second-order valence-corrected chi connectivity index (χ2v) is 6.30. The van der Waals surface area contributed by atoms with Gasteiger partial charge >= 0.3 is 0 Å². The van der Waals surface area contributed by atoms with Crippen molar-refractivity contribution >= 4 is 17.3 Å². The third kappa shape index (κ3) is 8.03. The maximum atomic E-state index is 12.1. The van der Waals surface area contributed by atoms with Gasteiger partial charge in [-0.15, -0.1) is 0 Å². The average Bonchev–Trinajstić information content (AvgIpc) is 2.68. The van der Waals surface area contributed by atoms with Crippen molar-refractivity contribution in [3.8, 4) is 11.5 Å². The maximum absolute atomic E-state index is 12.1. The molecular formula is C22H30N2O3. The summed E-state index contributed by atoms with van der Waals surface area (Å²) >= 11 is 0. The summed E-state index contributed by atoms with van der Waals surface area (Å²) in [6, 6.07) is 15.0. The number of carbonyl (C=O) groups excluding carboxylic acids is 1. The van der Waals surface area contributed by atoms with Gasteiger partial charge in [0.1, 0.15) is 11.5 Å². The molecule has 0 aliphatic carbocycles. The van der Waals surface area contributed by atoms with Crippen LogP contribution in [0.2, 0.25) is 0 Å². The van der Waals surface area contributed by atoms with Crippen LogP contribution in [0.3, 0.4) is 0 Å². The first-order valence-electron chi connectivity index (χ1n) is 9.70. The number of amides is 1. The molecule has 0 fully saturated rings. The topological polar surface area (TPSA) is 59.6 Å². The average molecular weight is 370 g/mol. The molecule has 0 heterocycles. The van der Waals surface area contributed by atoms with Crippen molar-refractivity contribution in [2.24, 2.45) is 0 Å². The van der Waals surface area contributed by atoms with Crippen LogP contribution in [0.5, 0.6) is 11.5 Å². The molecule has 2 aromatic rings. The molecule has 0 aliphatic rings. The molecule has 0 saturated heterocycles. The summed E-state index contributed by atoms with van der Waals surface area (Å²) in [5.74, 6) is 1.51. The van der Waals surface area contributed by atoms with Crippen molar-refractivity contribution in [1.29, 1.82) is 0 Å². The molecule has 0 aliphatic heterocycles. The molecule has 1 amide bonds. The fourth-order valence-electron chi connectivity index (χ4n) is 2.60. The van der Waals surface area contributed by atoms with Crippen LogP contribution in [0.15, 0.2) is 48.5 Å². The van der Waals surface area contributed by atoms with Gasteiger partial charge in [-0.25, -0.2) is 0 Å². The summed E-state index contributed by atoms with van der Waals surface area (Å²) in [7, 11) is 0. The Balaban J connectivity index is 1.74. The van der Waals surface area contributed by atoms with Crippen molar-refractivity contribution in [1.82, 2.24) is 0 Å². The van der Waals surface area contributed by atoms with Gasteiger partial charge in [0.15, 0.2) is 0 Å². The number of unbranched alkanes of at least 4 members (excludes halogenated alkanes) is 3. The van der Waals surface area contributed by atoms with Crippen molar-refractivity contribution in [3.63, 3.8) is 0 Å². The Kier molecular flexibility index (Phi) is 9.04. The predicted octanol–water partition coefficient (Wildman–Crippen LogP) is 5.10. The van der Waals surface area contributed by atoms with Gasteiger partial charge in [-0.2, -0.15) is 0 Å². The van der Waals surface area contributed by atoms with E-state index in [2.05, 4.69) is 17.6 Å². The number of carbonyl (C=O) groups is 1. The van der Waals surface area contributed by atoms with E-state index in [4.69, 9.17) is 9.47 Å². The van der Waals surface area contributed by atoms with Crippen molar-refractivity contribution in [2.75, 3.05) is 30.4 Å². The van der Waals surface area contributed by atoms with E-state index in [1.807, 2.05) is 55.5 Å². The number of nitrogens with one attached hydrogen (secondary N) is 2. The van der Waals surface area contributed by atoms with Crippen molar-refractivity contribution < 1.29 is 14.3 Å². The van der Waals surface area contributed by atoms with Gasteiger partial charge in [0.25, 0.3) is 0 Å². The van der Waals surface area contributed by atoms with Crippen molar-refractivity contribution in [3.05, 3.63) is 48.5 Å². The zero-order chi connectivity index (χ0) is 19.3. The number of ether oxygens (including phenoxy) is 2. The van der Waals surface area contributed by atoms with Crippen LogP contribution in [0.25, 0.3) is 0 Å². The fraction of sp³-hybridized carbons (Fsp3) is 0.409. The molecular weight excluding hydrogens is 340 g/mol. The summed E-state index contributed by atoms with van der Waals surface area (Å²) in [5, 5.41) is 5.99. The summed E-state index contributed by atoms with van der Waals surface area (Å²) in [4.78, 5) is 12.1. The largest absolute Gasteiger partial charge is 0.494 e. The van der Waals surface area contributed by atoms with E-state index in [9.17, 15) is 4.79 Å². The minimum absolute atomic E-state index is 0.106. The smallest absolute Gasteiger partial charge is 0.243 e. The Morgan fingerprint density at radius 3 is 2.44 bits per heavy atom. The van der Waals surface area contributed by atoms with Crippen LogP contribution in [0, 0.1) is 0 Å². The molecule has 5 heteroatoms. The monoisotopic (exact) mass is 370 g/mol. The molecule has 5 nitrogen and oxygen atoms in total. The zero-order valence-electron chi connectivity index (χ0n) is 16.3. The first-order chi connectivity index (χ1) is 13.2. The second-order valence-electron chi connectivity index (χ2n) is 6.30. The summed E-state index contributed by atoms with van der Waals surface area (Å²) in [6.07, 6.45) is 4.72. The van der Waals surface area contributed by atoms with Gasteiger partial charge in [0.2, 0.25) is 5.91 Å². The summed E-state index contributed by atoms with van der Waals surface area (Å²) in [5.41, 5.74) is 1.61. The lowest BCUT2D eigenvalue weighted by atomic mass is 10.2. The number of rotatable bonds is 12. The van der Waals surface area contributed by atoms with Crippen LogP contribution >= 0.6 is 0 Å². The van der Waals surface area contributed by atoms with Gasteiger partial charge in [-0.3, -0.25) is 4.79 Å². The lowest BCUT2D eigenvalue weighted by Gasteiger charge is -2.11. The standard InChI is InChI=1S/C22H30N2O3/c1-3-5-6-7-15-27-21-10-8-9-19(16-21)23-17-22(25)24-18-11-13-20(14-12-18)26-4-2/h8-14,16,23H,3-7,15,17H2,1-2H3,(H,24,25). The minimum atomic E-state index is -0.106. The number of benzene rings is 2. The van der Waals surface area contributed by atoms with E-state index >= 15 is 0 Å². The maximum Gasteiger partial charge on any atom is 0.243 e. The molecule has 0 radical (unpaired) electrons. The van der Waals surface area contributed by atoms with Gasteiger partial charge in [0, 0.05) is 17.4 Å². The van der Waals surface area contributed by atoms with Crippen LogP contribution in [0.1, 0.15) is 39.5 Å². The van der Waals surface area contributed by atoms with E-state index in [0.29, 0.717) is 6.61 Å². The molecule has 146 valence electrons. The Morgan fingerprint density at radius 1 is 0.889 bits per heavy atom. The van der Waals surface area contributed by atoms with Gasteiger partial charge in [-0.1, -0.05) is 32.3 Å². The SMILES string of the molecule is CCCCCCOc1cccc(NCC(=O)Nc2ccc(OCC)cc2)c1. The zero-order valence-corrected chi connectivity index (χ0v) is 16.3. The van der Waals surface area contributed by atoms with Gasteiger partial charge in [0.05, 0.1) is 19.8 Å². The predicted molar refractivity (Wildman–Crippen MR) is 111 cm³/mol. The molecule has 0 unspecified atom stereocenters. The molecule has 2 N–H and O–H groups in total. The normalized spacial score (nSPS) is 10.3. The molecule has 2 aromatic carbocycles. The minimum Gasteiger partial charge on any atom is -0.494 e. The highest BCUT2D eigenvalue weighted by atomic mass is 16.5. The highest BCUT2D eigenvalue weighted by Crippen LogP contribution is 2.18. The Hall–Kier alpha value is -2.69. The third-order valence-electron chi connectivity index (χ3n) is 4.00. The third-order valence-corrected chi connectivity index (χ3v) is 4.00. The molecule has 0 aromatic heterocycles. The van der Waals surface area contributed by atoms with E-state index < -0.39 is 0 Å². The molecule has 2 rings (SSSR count). The molecule has 0 atom stereocenters. The van der Waals surface area contributed by atoms with E-state index in [1.54, 1.807) is 0 Å². The lowest BCUT2D eigenvalue weighted by Crippen LogP contribution is -2.21. The summed E-state index contributed by atoms with van der Waals surface area (Å²) in [6.45, 7) is 5.67. The van der Waals surface area contributed by atoms with Gasteiger partial charge < -0.3 is 20.1 Å². The van der Waals surface area contributed by atoms with Gasteiger partial charge in [-0.05, 0) is 49.7 Å². The van der Waals surface area contributed by atoms with Crippen LogP contribution < -0.4 is 20.1 Å². The highest BCUT2D eigenvalue weighted by Gasteiger charge is 2.04. The number of anilines is 2. The quantitative estimate of drug-likeness (QED) is 0.511. The van der Waals surface area contributed by atoms with Crippen LogP contribution in [-0.2, 0) is 4.79 Å². The molecule has 0 spiro atoms. The van der Waals surface area contributed by atoms with Crippen LogP contribution in [-0.4, -0.2) is 25.7 Å². The highest BCUT2D eigenvalue weighted by molar-refractivity contribution is 5.93. The first kappa shape index (κ1) is 20.6. The molecule has 0 saturated carbocycles. The Morgan fingerprint density at radius 2 is 1.70 bits per heavy atom. The summed E-state index contributed by atoms with van der Waals surface area (Å²) < 4.78 is 11.2. The first-order valence-corrected chi connectivity index (χ1v) is 9.70. The van der Waals surface area contributed by atoms with Crippen molar-refractivity contribution in [2.45, 2.75) is 39.5 Å². The number of hydrogen-bond acceptors (Lipinski definition) is 4. The van der Waals surface area contributed by atoms with Crippen LogP contribution in [0.4, 0.5) is 11.4 Å². The van der Waals surface area contributed by atoms with E-state index in [1.165, 1.54) is 19.3 Å². The molecule has 0 bridgehead atoms. The van der Waals surface area contributed by atoms with E-state index in [-0.39, 0.29) is 12.5 Å². The Bertz CT molecular complexity index is 686. The fourth-order valence-corrected chi connectivity index (χ4v) is 2.60. The number of hydrogen-bond donors (Lipinski definition) is 2. The lowest BCUT2D eigenvalue weighted by molar-refractivity contribution is -0.114. The molecule has 27 heavy (non-hydrogen) atoms.